The van der Waals surface area contributed by atoms with Crippen LogP contribution in [0.2, 0.25) is 0 Å². The van der Waals surface area contributed by atoms with Crippen LogP contribution in [-0.4, -0.2) is 9.78 Å². The second-order valence-corrected chi connectivity index (χ2v) is 3.98. The van der Waals surface area contributed by atoms with Crippen molar-refractivity contribution in [3.05, 3.63) is 27.5 Å². The number of fused-ring (bicyclic) bond motifs is 1. The summed E-state index contributed by atoms with van der Waals surface area (Å²) >= 11 is 2.36. The topological polar surface area (TPSA) is 17.8 Å². The highest BCUT2D eigenvalue weighted by molar-refractivity contribution is 14.1. The van der Waals surface area contributed by atoms with Crippen LogP contribution in [0, 0.1) is 10.5 Å². The molecule has 62 valence electrons. The molecule has 0 bridgehead atoms. The van der Waals surface area contributed by atoms with Gasteiger partial charge in [-0.1, -0.05) is 12.1 Å². The van der Waals surface area contributed by atoms with Crippen LogP contribution in [0.1, 0.15) is 5.56 Å². The molecule has 2 nitrogen and oxygen atoms in total. The standard InChI is InChI=1S/C9H9IN2/c1-6-3-4-7-5-11-12(2)9(7)8(6)10/h3-5H,1-2H3. The van der Waals surface area contributed by atoms with Gasteiger partial charge < -0.3 is 0 Å². The Morgan fingerprint density at radius 1 is 1.42 bits per heavy atom. The first-order valence-corrected chi connectivity index (χ1v) is 4.85. The molecule has 0 aliphatic heterocycles. The molecule has 0 amide bonds. The van der Waals surface area contributed by atoms with Crippen molar-refractivity contribution >= 4 is 33.5 Å². The minimum atomic E-state index is 1.22. The van der Waals surface area contributed by atoms with Crippen molar-refractivity contribution in [2.45, 2.75) is 6.92 Å². The number of rotatable bonds is 0. The fourth-order valence-corrected chi connectivity index (χ4v) is 2.16. The summed E-state index contributed by atoms with van der Waals surface area (Å²) in [7, 11) is 1.98. The summed E-state index contributed by atoms with van der Waals surface area (Å²) in [6, 6.07) is 4.24. The Labute approximate surface area is 84.7 Å². The van der Waals surface area contributed by atoms with Gasteiger partial charge in [0.1, 0.15) is 0 Å². The van der Waals surface area contributed by atoms with E-state index < -0.39 is 0 Å². The third kappa shape index (κ3) is 1.03. The van der Waals surface area contributed by atoms with Gasteiger partial charge in [-0.3, -0.25) is 4.68 Å². The Hall–Kier alpha value is -0.580. The first-order chi connectivity index (χ1) is 5.70. The molecule has 0 unspecified atom stereocenters. The SMILES string of the molecule is Cc1ccc2cnn(C)c2c1I. The maximum Gasteiger partial charge on any atom is 0.0815 e. The maximum atomic E-state index is 4.21. The minimum Gasteiger partial charge on any atom is -0.267 e. The fraction of sp³-hybridized carbons (Fsp3) is 0.222. The highest BCUT2D eigenvalue weighted by atomic mass is 127. The molecule has 12 heavy (non-hydrogen) atoms. The molecule has 0 spiro atoms. The quantitative estimate of drug-likeness (QED) is 0.674. The van der Waals surface area contributed by atoms with E-state index in [-0.39, 0.29) is 0 Å². The molecule has 0 atom stereocenters. The molecule has 0 saturated carbocycles. The van der Waals surface area contributed by atoms with Gasteiger partial charge in [-0.05, 0) is 35.1 Å². The Bertz CT molecular complexity index is 431. The normalized spacial score (nSPS) is 10.9. The lowest BCUT2D eigenvalue weighted by atomic mass is 10.2. The molecular formula is C9H9IN2. The van der Waals surface area contributed by atoms with Gasteiger partial charge in [0, 0.05) is 16.0 Å². The van der Waals surface area contributed by atoms with Crippen LogP contribution in [0.5, 0.6) is 0 Å². The Morgan fingerprint density at radius 2 is 2.17 bits per heavy atom. The largest absolute Gasteiger partial charge is 0.267 e. The Kier molecular flexibility index (Phi) is 1.83. The number of nitrogens with zero attached hydrogens (tertiary/aromatic N) is 2. The molecule has 3 heteroatoms. The van der Waals surface area contributed by atoms with E-state index >= 15 is 0 Å². The zero-order valence-corrected chi connectivity index (χ0v) is 9.16. The summed E-state index contributed by atoms with van der Waals surface area (Å²) in [5, 5.41) is 5.42. The van der Waals surface area contributed by atoms with Gasteiger partial charge in [-0.2, -0.15) is 5.10 Å². The first kappa shape index (κ1) is 8.04. The highest BCUT2D eigenvalue weighted by Gasteiger charge is 2.04. The second kappa shape index (κ2) is 2.73. The van der Waals surface area contributed by atoms with E-state index in [4.69, 9.17) is 0 Å². The van der Waals surface area contributed by atoms with Crippen LogP contribution in [0.15, 0.2) is 18.3 Å². The van der Waals surface area contributed by atoms with E-state index in [9.17, 15) is 0 Å². The molecule has 0 N–H and O–H groups in total. The summed E-state index contributed by atoms with van der Waals surface area (Å²) in [5.41, 5.74) is 2.54. The van der Waals surface area contributed by atoms with Crippen molar-refractivity contribution in [3.63, 3.8) is 0 Å². The molecular weight excluding hydrogens is 263 g/mol. The lowest BCUT2D eigenvalue weighted by Gasteiger charge is -2.00. The number of hydrogen-bond donors (Lipinski definition) is 0. The first-order valence-electron chi connectivity index (χ1n) is 3.77. The van der Waals surface area contributed by atoms with Crippen molar-refractivity contribution in [1.29, 1.82) is 0 Å². The minimum absolute atomic E-state index is 1.22. The van der Waals surface area contributed by atoms with Gasteiger partial charge in [0.05, 0.1) is 11.7 Å². The van der Waals surface area contributed by atoms with Crippen LogP contribution in [0.3, 0.4) is 0 Å². The van der Waals surface area contributed by atoms with Crippen molar-refractivity contribution in [1.82, 2.24) is 9.78 Å². The molecule has 1 aromatic heterocycles. The van der Waals surface area contributed by atoms with Crippen LogP contribution in [0.25, 0.3) is 10.9 Å². The highest BCUT2D eigenvalue weighted by Crippen LogP contribution is 2.22. The van der Waals surface area contributed by atoms with Gasteiger partial charge in [0.2, 0.25) is 0 Å². The van der Waals surface area contributed by atoms with E-state index in [1.807, 2.05) is 17.9 Å². The molecule has 0 radical (unpaired) electrons. The van der Waals surface area contributed by atoms with E-state index in [2.05, 4.69) is 46.7 Å². The average Bonchev–Trinajstić information content (AvgIpc) is 2.41. The molecule has 1 aromatic carbocycles. The van der Waals surface area contributed by atoms with E-state index in [1.165, 1.54) is 20.0 Å². The lowest BCUT2D eigenvalue weighted by molar-refractivity contribution is 0.795. The van der Waals surface area contributed by atoms with Gasteiger partial charge >= 0.3 is 0 Å². The molecule has 0 aliphatic rings. The molecule has 0 saturated heterocycles. The zero-order chi connectivity index (χ0) is 8.72. The molecule has 2 rings (SSSR count). The Balaban J connectivity index is 2.96. The average molecular weight is 272 g/mol. The molecule has 1 heterocycles. The van der Waals surface area contributed by atoms with Crippen molar-refractivity contribution in [2.24, 2.45) is 7.05 Å². The van der Waals surface area contributed by atoms with Crippen molar-refractivity contribution < 1.29 is 0 Å². The summed E-state index contributed by atoms with van der Waals surface area (Å²) in [6.07, 6.45) is 1.90. The Morgan fingerprint density at radius 3 is 2.92 bits per heavy atom. The molecule has 2 aromatic rings. The number of aryl methyl sites for hydroxylation is 2. The van der Waals surface area contributed by atoms with Gasteiger partial charge in [-0.15, -0.1) is 0 Å². The van der Waals surface area contributed by atoms with Gasteiger partial charge in [0.25, 0.3) is 0 Å². The summed E-state index contributed by atoms with van der Waals surface area (Å²) in [5.74, 6) is 0. The van der Waals surface area contributed by atoms with E-state index in [0.717, 1.165) is 0 Å². The van der Waals surface area contributed by atoms with Crippen LogP contribution >= 0.6 is 22.6 Å². The third-order valence-corrected chi connectivity index (χ3v) is 3.40. The van der Waals surface area contributed by atoms with E-state index in [0.29, 0.717) is 0 Å². The lowest BCUT2D eigenvalue weighted by Crippen LogP contribution is -1.92. The van der Waals surface area contributed by atoms with Crippen LogP contribution in [0.4, 0.5) is 0 Å². The van der Waals surface area contributed by atoms with Crippen molar-refractivity contribution in [3.8, 4) is 0 Å². The summed E-state index contributed by atoms with van der Waals surface area (Å²) < 4.78 is 3.22. The van der Waals surface area contributed by atoms with Crippen LogP contribution < -0.4 is 0 Å². The summed E-state index contributed by atoms with van der Waals surface area (Å²) in [4.78, 5) is 0. The smallest absolute Gasteiger partial charge is 0.0815 e. The second-order valence-electron chi connectivity index (χ2n) is 2.90. The number of benzene rings is 1. The third-order valence-electron chi connectivity index (χ3n) is 2.03. The van der Waals surface area contributed by atoms with Crippen molar-refractivity contribution in [2.75, 3.05) is 0 Å². The van der Waals surface area contributed by atoms with E-state index in [1.54, 1.807) is 0 Å². The predicted molar refractivity (Wildman–Crippen MR) is 58.2 cm³/mol. The van der Waals surface area contributed by atoms with Gasteiger partial charge in [-0.25, -0.2) is 0 Å². The fourth-order valence-electron chi connectivity index (χ4n) is 1.32. The number of halogens is 1. The monoisotopic (exact) mass is 272 g/mol. The van der Waals surface area contributed by atoms with Gasteiger partial charge in [0.15, 0.2) is 0 Å². The predicted octanol–water partition coefficient (Wildman–Crippen LogP) is 2.49. The zero-order valence-electron chi connectivity index (χ0n) is 7.00. The maximum absolute atomic E-state index is 4.21. The number of aromatic nitrogens is 2. The molecule has 0 aliphatic carbocycles. The molecule has 0 fully saturated rings. The van der Waals surface area contributed by atoms with Crippen LogP contribution in [-0.2, 0) is 7.05 Å². The summed E-state index contributed by atoms with van der Waals surface area (Å²) in [6.45, 7) is 2.12. The number of hydrogen-bond acceptors (Lipinski definition) is 1.